The van der Waals surface area contributed by atoms with Crippen molar-refractivity contribution >= 4 is 0 Å². The Labute approximate surface area is 132 Å². The van der Waals surface area contributed by atoms with Crippen molar-refractivity contribution in [3.8, 4) is 11.8 Å². The molecule has 2 fully saturated rings. The molecule has 2 saturated heterocycles. The highest BCUT2D eigenvalue weighted by Crippen LogP contribution is 2.33. The second-order valence-corrected chi connectivity index (χ2v) is 6.20. The lowest BCUT2D eigenvalue weighted by atomic mass is 9.96. The van der Waals surface area contributed by atoms with E-state index in [9.17, 15) is 5.26 Å². The summed E-state index contributed by atoms with van der Waals surface area (Å²) in [5.74, 6) is 0.636. The Kier molecular flexibility index (Phi) is 4.34. The van der Waals surface area contributed by atoms with Gasteiger partial charge in [0.25, 0.3) is 0 Å². The summed E-state index contributed by atoms with van der Waals surface area (Å²) in [4.78, 5) is 4.88. The van der Waals surface area contributed by atoms with E-state index in [4.69, 9.17) is 9.47 Å². The monoisotopic (exact) mass is 301 g/mol. The number of likely N-dealkylation sites (N-methyl/N-ethyl adjacent to an activating group) is 1. The van der Waals surface area contributed by atoms with E-state index >= 15 is 0 Å². The average molecular weight is 301 g/mol. The largest absolute Gasteiger partial charge is 0.495 e. The van der Waals surface area contributed by atoms with Crippen LogP contribution in [0, 0.1) is 18.3 Å². The molecule has 2 atom stereocenters. The third-order valence-electron chi connectivity index (χ3n) is 4.85. The van der Waals surface area contributed by atoms with E-state index in [0.717, 1.165) is 43.9 Å². The fourth-order valence-corrected chi connectivity index (χ4v) is 3.49. The van der Waals surface area contributed by atoms with Gasteiger partial charge in [0.05, 0.1) is 25.4 Å². The molecule has 118 valence electrons. The number of rotatable bonds is 2. The summed E-state index contributed by atoms with van der Waals surface area (Å²) in [6.07, 6.45) is 0.0395. The van der Waals surface area contributed by atoms with Crippen LogP contribution >= 0.6 is 0 Å². The number of hydrogen-bond acceptors (Lipinski definition) is 5. The first-order valence-electron chi connectivity index (χ1n) is 7.75. The van der Waals surface area contributed by atoms with E-state index in [-0.39, 0.29) is 6.10 Å². The quantitative estimate of drug-likeness (QED) is 0.830. The summed E-state index contributed by atoms with van der Waals surface area (Å²) in [7, 11) is 3.76. The minimum Gasteiger partial charge on any atom is -0.495 e. The first kappa shape index (κ1) is 15.3. The molecule has 2 heterocycles. The lowest BCUT2D eigenvalue weighted by Gasteiger charge is -2.45. The molecule has 0 aromatic heterocycles. The molecule has 0 amide bonds. The zero-order chi connectivity index (χ0) is 15.7. The van der Waals surface area contributed by atoms with Crippen molar-refractivity contribution in [2.24, 2.45) is 0 Å². The normalized spacial score (nSPS) is 26.3. The van der Waals surface area contributed by atoms with Gasteiger partial charge in [0.2, 0.25) is 0 Å². The van der Waals surface area contributed by atoms with Gasteiger partial charge in [0, 0.05) is 32.2 Å². The molecule has 2 aliphatic heterocycles. The van der Waals surface area contributed by atoms with Gasteiger partial charge in [0.15, 0.2) is 0 Å². The van der Waals surface area contributed by atoms with Gasteiger partial charge in [0.1, 0.15) is 11.8 Å². The van der Waals surface area contributed by atoms with Crippen LogP contribution in [0.2, 0.25) is 0 Å². The van der Waals surface area contributed by atoms with Crippen LogP contribution in [-0.2, 0) is 4.74 Å². The molecule has 1 aromatic carbocycles. The highest BCUT2D eigenvalue weighted by atomic mass is 16.5. The zero-order valence-corrected chi connectivity index (χ0v) is 13.5. The molecule has 0 saturated carbocycles. The Morgan fingerprint density at radius 3 is 2.86 bits per heavy atom. The minimum atomic E-state index is 0.0395. The van der Waals surface area contributed by atoms with Gasteiger partial charge < -0.3 is 14.4 Å². The van der Waals surface area contributed by atoms with Gasteiger partial charge in [-0.25, -0.2) is 0 Å². The maximum Gasteiger partial charge on any atom is 0.136 e. The third-order valence-corrected chi connectivity index (χ3v) is 4.85. The van der Waals surface area contributed by atoms with Crippen molar-refractivity contribution in [1.29, 1.82) is 5.26 Å². The van der Waals surface area contributed by atoms with E-state index in [1.807, 2.05) is 19.1 Å². The number of fused-ring (bicyclic) bond motifs is 1. The van der Waals surface area contributed by atoms with Crippen LogP contribution in [0.25, 0.3) is 0 Å². The Morgan fingerprint density at radius 1 is 1.32 bits per heavy atom. The van der Waals surface area contributed by atoms with Crippen LogP contribution in [0.15, 0.2) is 12.1 Å². The van der Waals surface area contributed by atoms with Gasteiger partial charge in [-0.3, -0.25) is 4.90 Å². The van der Waals surface area contributed by atoms with Crippen LogP contribution in [-0.4, -0.2) is 62.8 Å². The third kappa shape index (κ3) is 2.70. The molecule has 0 N–H and O–H groups in total. The van der Waals surface area contributed by atoms with E-state index in [2.05, 4.69) is 22.9 Å². The topological polar surface area (TPSA) is 48.7 Å². The number of piperazine rings is 1. The van der Waals surface area contributed by atoms with E-state index < -0.39 is 0 Å². The number of hydrogen-bond donors (Lipinski definition) is 0. The van der Waals surface area contributed by atoms with Gasteiger partial charge in [-0.15, -0.1) is 0 Å². The molecule has 2 aliphatic rings. The van der Waals surface area contributed by atoms with E-state index in [0.29, 0.717) is 17.4 Å². The van der Waals surface area contributed by atoms with Crippen LogP contribution in [0.3, 0.4) is 0 Å². The number of nitriles is 1. The highest BCUT2D eigenvalue weighted by Gasteiger charge is 2.33. The van der Waals surface area contributed by atoms with Crippen molar-refractivity contribution in [2.75, 3.05) is 46.9 Å². The molecule has 0 bridgehead atoms. The fourth-order valence-electron chi connectivity index (χ4n) is 3.49. The Balaban J connectivity index is 1.82. The number of nitrogens with zero attached hydrogens (tertiary/aromatic N) is 3. The fraction of sp³-hybridized carbons (Fsp3) is 0.588. The summed E-state index contributed by atoms with van der Waals surface area (Å²) in [6.45, 7) is 6.89. The van der Waals surface area contributed by atoms with Gasteiger partial charge in [-0.1, -0.05) is 6.07 Å². The van der Waals surface area contributed by atoms with Crippen LogP contribution in [0.4, 0.5) is 0 Å². The van der Waals surface area contributed by atoms with Gasteiger partial charge in [-0.2, -0.15) is 5.26 Å². The van der Waals surface area contributed by atoms with Crippen LogP contribution < -0.4 is 4.74 Å². The minimum absolute atomic E-state index is 0.0395. The molecule has 0 spiro atoms. The molecular formula is C17H23N3O2. The molecule has 22 heavy (non-hydrogen) atoms. The smallest absolute Gasteiger partial charge is 0.136 e. The van der Waals surface area contributed by atoms with Crippen molar-refractivity contribution < 1.29 is 9.47 Å². The zero-order valence-electron chi connectivity index (χ0n) is 13.5. The summed E-state index contributed by atoms with van der Waals surface area (Å²) in [5, 5.41) is 9.38. The summed E-state index contributed by atoms with van der Waals surface area (Å²) in [6, 6.07) is 6.66. The maximum atomic E-state index is 9.38. The molecule has 3 rings (SSSR count). The number of methoxy groups -OCH3 is 1. The maximum absolute atomic E-state index is 9.38. The molecule has 2 unspecified atom stereocenters. The molecule has 1 aromatic rings. The Hall–Kier alpha value is -1.61. The Morgan fingerprint density at radius 2 is 2.14 bits per heavy atom. The SMILES string of the molecule is COc1ccc(C2CN3CCN(C)CC3CO2)c(C)c1C#N. The summed E-state index contributed by atoms with van der Waals surface area (Å²) in [5.41, 5.74) is 2.69. The molecule has 5 nitrogen and oxygen atoms in total. The lowest BCUT2D eigenvalue weighted by Crippen LogP contribution is -2.57. The first-order chi connectivity index (χ1) is 10.6. The molecule has 0 radical (unpaired) electrons. The molecule has 0 aliphatic carbocycles. The van der Waals surface area contributed by atoms with Crippen molar-refractivity contribution in [3.63, 3.8) is 0 Å². The van der Waals surface area contributed by atoms with E-state index in [1.165, 1.54) is 0 Å². The summed E-state index contributed by atoms with van der Waals surface area (Å²) < 4.78 is 11.4. The lowest BCUT2D eigenvalue weighted by molar-refractivity contribution is -0.0874. The van der Waals surface area contributed by atoms with Gasteiger partial charge in [-0.05, 0) is 31.2 Å². The van der Waals surface area contributed by atoms with Crippen molar-refractivity contribution in [1.82, 2.24) is 9.80 Å². The number of benzene rings is 1. The number of morpholine rings is 1. The van der Waals surface area contributed by atoms with Crippen LogP contribution in [0.1, 0.15) is 22.8 Å². The Bertz CT molecular complexity index is 596. The second kappa shape index (κ2) is 6.25. The standard InChI is InChI=1S/C17H23N3O2/c1-12-14(4-5-16(21-3)15(12)8-18)17-10-20-7-6-19(2)9-13(20)11-22-17/h4-5,13,17H,6-7,9-11H2,1-3H3. The van der Waals surface area contributed by atoms with Crippen LogP contribution in [0.5, 0.6) is 5.75 Å². The number of ether oxygens (including phenoxy) is 2. The van der Waals surface area contributed by atoms with Crippen molar-refractivity contribution in [2.45, 2.75) is 19.1 Å². The highest BCUT2D eigenvalue weighted by molar-refractivity contribution is 5.52. The van der Waals surface area contributed by atoms with Crippen molar-refractivity contribution in [3.05, 3.63) is 28.8 Å². The predicted molar refractivity (Wildman–Crippen MR) is 84.0 cm³/mol. The molecular weight excluding hydrogens is 278 g/mol. The average Bonchev–Trinajstić information content (AvgIpc) is 2.54. The first-order valence-corrected chi connectivity index (χ1v) is 7.75. The van der Waals surface area contributed by atoms with E-state index in [1.54, 1.807) is 7.11 Å². The van der Waals surface area contributed by atoms with Gasteiger partial charge >= 0.3 is 0 Å². The second-order valence-electron chi connectivity index (χ2n) is 6.20. The predicted octanol–water partition coefficient (Wildman–Crippen LogP) is 1.56. The molecule has 5 heteroatoms. The summed E-state index contributed by atoms with van der Waals surface area (Å²) >= 11 is 0.